The summed E-state index contributed by atoms with van der Waals surface area (Å²) in [4.78, 5) is 19.1. The zero-order chi connectivity index (χ0) is 17.8. The molecule has 4 nitrogen and oxygen atoms in total. The molecule has 0 bridgehead atoms. The van der Waals surface area contributed by atoms with Gasteiger partial charge in [0.05, 0.1) is 10.6 Å². The molecule has 0 saturated heterocycles. The fraction of sp³-hybridized carbons (Fsp3) is 0.200. The van der Waals surface area contributed by atoms with E-state index in [0.29, 0.717) is 18.2 Å². The number of aromatic nitrogens is 1. The highest BCUT2D eigenvalue weighted by atomic mass is 32.2. The van der Waals surface area contributed by atoms with Crippen LogP contribution in [0.4, 0.5) is 5.13 Å². The third-order valence-electron chi connectivity index (χ3n) is 4.00. The van der Waals surface area contributed by atoms with Crippen molar-refractivity contribution in [1.29, 1.82) is 0 Å². The third kappa shape index (κ3) is 3.92. The summed E-state index contributed by atoms with van der Waals surface area (Å²) in [6.07, 6.45) is 1.33. The minimum absolute atomic E-state index is 0.0129. The van der Waals surface area contributed by atoms with Gasteiger partial charge in [-0.2, -0.15) is 0 Å². The summed E-state index contributed by atoms with van der Waals surface area (Å²) >= 11 is 3.26. The van der Waals surface area contributed by atoms with Crippen LogP contribution in [0.5, 0.6) is 5.75 Å². The number of ether oxygens (including phenoxy) is 1. The number of fused-ring (bicyclic) bond motifs is 3. The average molecular weight is 383 g/mol. The van der Waals surface area contributed by atoms with Crippen LogP contribution in [0, 0.1) is 0 Å². The van der Waals surface area contributed by atoms with Crippen LogP contribution in [0.3, 0.4) is 0 Å². The lowest BCUT2D eigenvalue weighted by Crippen LogP contribution is -2.11. The molecule has 6 heteroatoms. The van der Waals surface area contributed by atoms with Crippen molar-refractivity contribution in [2.24, 2.45) is 0 Å². The zero-order valence-corrected chi connectivity index (χ0v) is 15.7. The van der Waals surface area contributed by atoms with Crippen LogP contribution in [-0.2, 0) is 11.4 Å². The van der Waals surface area contributed by atoms with E-state index in [2.05, 4.69) is 22.4 Å². The van der Waals surface area contributed by atoms with Crippen molar-refractivity contribution >= 4 is 34.1 Å². The summed E-state index contributed by atoms with van der Waals surface area (Å²) in [5.41, 5.74) is 1.91. The lowest BCUT2D eigenvalue weighted by atomic mass is 10.1. The van der Waals surface area contributed by atoms with Crippen LogP contribution >= 0.6 is 23.1 Å². The molecule has 2 heterocycles. The van der Waals surface area contributed by atoms with Crippen molar-refractivity contribution in [2.45, 2.75) is 24.3 Å². The highest BCUT2D eigenvalue weighted by molar-refractivity contribution is 7.99. The summed E-state index contributed by atoms with van der Waals surface area (Å²) in [7, 11) is 0. The van der Waals surface area contributed by atoms with Gasteiger partial charge < -0.3 is 10.1 Å². The Kier molecular flexibility index (Phi) is 5.22. The van der Waals surface area contributed by atoms with Crippen LogP contribution in [0.15, 0.2) is 59.5 Å². The smallest absolute Gasteiger partial charge is 0.226 e. The molecule has 0 unspecified atom stereocenters. The minimum Gasteiger partial charge on any atom is -0.487 e. The molecule has 26 heavy (non-hydrogen) atoms. The fourth-order valence-corrected chi connectivity index (χ4v) is 4.55. The molecule has 0 radical (unpaired) electrons. The number of anilines is 1. The molecule has 0 fully saturated rings. The zero-order valence-electron chi connectivity index (χ0n) is 14.1. The van der Waals surface area contributed by atoms with Gasteiger partial charge in [-0.1, -0.05) is 41.7 Å². The molecule has 1 N–H and O–H groups in total. The lowest BCUT2D eigenvalue weighted by molar-refractivity contribution is -0.116. The normalized spacial score (nSPS) is 12.0. The van der Waals surface area contributed by atoms with Crippen molar-refractivity contribution in [3.05, 3.63) is 59.5 Å². The van der Waals surface area contributed by atoms with Crippen molar-refractivity contribution < 1.29 is 9.53 Å². The Labute approximate surface area is 160 Å². The molecule has 2 aromatic carbocycles. The van der Waals surface area contributed by atoms with E-state index in [1.165, 1.54) is 16.2 Å². The number of thioether (sulfide) groups is 1. The van der Waals surface area contributed by atoms with Crippen molar-refractivity contribution in [1.82, 2.24) is 4.98 Å². The minimum atomic E-state index is 0.0129. The molecule has 1 amide bonds. The maximum absolute atomic E-state index is 12.2. The fourth-order valence-electron chi connectivity index (χ4n) is 2.77. The standard InChI is InChI=1S/C20H18N2O2S2/c23-18(11-6-12-25-14-7-2-1-3-8-14)21-20-22-19-15-9-4-5-10-16(15)24-13-17(19)26-20/h1-5,7-10H,6,11-13H2,(H,21,22,23). The van der Waals surface area contributed by atoms with Gasteiger partial charge in [0.2, 0.25) is 5.91 Å². The molecule has 0 saturated carbocycles. The molecule has 4 rings (SSSR count). The van der Waals surface area contributed by atoms with E-state index in [4.69, 9.17) is 4.74 Å². The Bertz CT molecular complexity index is 909. The second-order valence-corrected chi connectivity index (χ2v) is 8.14. The second kappa shape index (κ2) is 7.93. The number of benzene rings is 2. The number of hydrogen-bond donors (Lipinski definition) is 1. The highest BCUT2D eigenvalue weighted by Gasteiger charge is 2.22. The van der Waals surface area contributed by atoms with Crippen LogP contribution < -0.4 is 10.1 Å². The topological polar surface area (TPSA) is 51.2 Å². The van der Waals surface area contributed by atoms with Gasteiger partial charge >= 0.3 is 0 Å². The van der Waals surface area contributed by atoms with Gasteiger partial charge in [-0.05, 0) is 36.4 Å². The van der Waals surface area contributed by atoms with E-state index in [-0.39, 0.29) is 5.91 Å². The van der Waals surface area contributed by atoms with E-state index in [9.17, 15) is 4.79 Å². The predicted molar refractivity (Wildman–Crippen MR) is 107 cm³/mol. The van der Waals surface area contributed by atoms with Gasteiger partial charge in [-0.3, -0.25) is 4.79 Å². The number of nitrogens with one attached hydrogen (secondary N) is 1. The van der Waals surface area contributed by atoms with Gasteiger partial charge in [0.15, 0.2) is 5.13 Å². The molecule has 0 atom stereocenters. The Morgan fingerprint density at radius 2 is 1.96 bits per heavy atom. The molecule has 132 valence electrons. The van der Waals surface area contributed by atoms with Crippen molar-refractivity contribution in [3.63, 3.8) is 0 Å². The number of amides is 1. The second-order valence-electron chi connectivity index (χ2n) is 5.89. The number of nitrogens with zero attached hydrogens (tertiary/aromatic N) is 1. The van der Waals surface area contributed by atoms with Crippen LogP contribution in [0.25, 0.3) is 11.3 Å². The van der Waals surface area contributed by atoms with Gasteiger partial charge in [-0.25, -0.2) is 4.98 Å². The molecule has 3 aromatic rings. The van der Waals surface area contributed by atoms with E-state index in [1.54, 1.807) is 11.8 Å². The van der Waals surface area contributed by atoms with Gasteiger partial charge in [0.25, 0.3) is 0 Å². The van der Waals surface area contributed by atoms with E-state index in [1.807, 2.05) is 42.5 Å². The van der Waals surface area contributed by atoms with Gasteiger partial charge in [0.1, 0.15) is 12.4 Å². The quantitative estimate of drug-likeness (QED) is 0.469. The number of thiazole rings is 1. The molecule has 1 aliphatic rings. The molecule has 1 aliphatic heterocycles. The van der Waals surface area contributed by atoms with Gasteiger partial charge in [0, 0.05) is 16.9 Å². The average Bonchev–Trinajstić information content (AvgIpc) is 3.09. The lowest BCUT2D eigenvalue weighted by Gasteiger charge is -2.15. The number of carbonyl (C=O) groups is 1. The molecular formula is C20H18N2O2S2. The maximum Gasteiger partial charge on any atom is 0.226 e. The number of carbonyl (C=O) groups excluding carboxylic acids is 1. The summed E-state index contributed by atoms with van der Waals surface area (Å²) < 4.78 is 5.74. The van der Waals surface area contributed by atoms with Gasteiger partial charge in [-0.15, -0.1) is 11.8 Å². The van der Waals surface area contributed by atoms with Crippen molar-refractivity contribution in [2.75, 3.05) is 11.1 Å². The summed E-state index contributed by atoms with van der Waals surface area (Å²) in [6.45, 7) is 0.508. The Balaban J connectivity index is 1.31. The van der Waals surface area contributed by atoms with E-state index >= 15 is 0 Å². The van der Waals surface area contributed by atoms with Crippen molar-refractivity contribution in [3.8, 4) is 17.0 Å². The third-order valence-corrected chi connectivity index (χ3v) is 6.05. The van der Waals surface area contributed by atoms with Crippen LogP contribution in [0.2, 0.25) is 0 Å². The Hall–Kier alpha value is -2.31. The van der Waals surface area contributed by atoms with Crippen LogP contribution in [-0.4, -0.2) is 16.6 Å². The summed E-state index contributed by atoms with van der Waals surface area (Å²) in [6, 6.07) is 18.1. The summed E-state index contributed by atoms with van der Waals surface area (Å²) in [5.74, 6) is 1.78. The predicted octanol–water partition coefficient (Wildman–Crippen LogP) is 5.21. The largest absolute Gasteiger partial charge is 0.487 e. The Morgan fingerprint density at radius 3 is 2.85 bits per heavy atom. The van der Waals surface area contributed by atoms with E-state index < -0.39 is 0 Å². The first kappa shape index (κ1) is 17.1. The number of hydrogen-bond acceptors (Lipinski definition) is 5. The van der Waals surface area contributed by atoms with Crippen LogP contribution in [0.1, 0.15) is 17.7 Å². The Morgan fingerprint density at radius 1 is 1.15 bits per heavy atom. The maximum atomic E-state index is 12.2. The molecule has 0 spiro atoms. The number of para-hydroxylation sites is 1. The highest BCUT2D eigenvalue weighted by Crippen LogP contribution is 2.40. The SMILES string of the molecule is O=C(CCCSc1ccccc1)Nc1nc2c(s1)COc1ccccc1-2. The van der Waals surface area contributed by atoms with E-state index in [0.717, 1.165) is 34.1 Å². The summed E-state index contributed by atoms with van der Waals surface area (Å²) in [5, 5.41) is 3.58. The molecule has 0 aliphatic carbocycles. The first-order valence-electron chi connectivity index (χ1n) is 8.49. The monoisotopic (exact) mass is 382 g/mol. The number of rotatable bonds is 6. The first-order valence-corrected chi connectivity index (χ1v) is 10.3. The molecular weight excluding hydrogens is 364 g/mol. The molecule has 1 aromatic heterocycles. The first-order chi connectivity index (χ1) is 12.8.